The molecule has 1 aliphatic heterocycles. The molecule has 3 heteroatoms. The van der Waals surface area contributed by atoms with Crippen molar-refractivity contribution in [2.75, 3.05) is 13.1 Å². The van der Waals surface area contributed by atoms with Crippen LogP contribution in [-0.4, -0.2) is 25.0 Å². The third-order valence-electron chi connectivity index (χ3n) is 3.37. The summed E-state index contributed by atoms with van der Waals surface area (Å²) in [6.45, 7) is 2.06. The lowest BCUT2D eigenvalue weighted by atomic mass is 9.84. The smallest absolute Gasteiger partial charge is 0.223 e. The fraction of sp³-hybridized carbons (Fsp3) is 0.909. The van der Waals surface area contributed by atoms with Crippen molar-refractivity contribution in [2.45, 2.75) is 44.6 Å². The van der Waals surface area contributed by atoms with Crippen molar-refractivity contribution in [1.29, 1.82) is 0 Å². The molecular formula is C11H20N2O. The molecule has 14 heavy (non-hydrogen) atoms. The van der Waals surface area contributed by atoms with Gasteiger partial charge in [0.2, 0.25) is 5.91 Å². The average molecular weight is 196 g/mol. The summed E-state index contributed by atoms with van der Waals surface area (Å²) in [5.74, 6) is 0.628. The Kier molecular flexibility index (Phi) is 3.40. The first-order chi connectivity index (χ1) is 6.86. The average Bonchev–Trinajstić information content (AvgIpc) is 2.29. The second kappa shape index (κ2) is 4.78. The van der Waals surface area contributed by atoms with Crippen LogP contribution in [0.2, 0.25) is 0 Å². The lowest BCUT2D eigenvalue weighted by molar-refractivity contribution is -0.128. The van der Waals surface area contributed by atoms with Crippen molar-refractivity contribution in [1.82, 2.24) is 10.6 Å². The lowest BCUT2D eigenvalue weighted by Gasteiger charge is -2.27. The molecule has 0 aromatic rings. The largest absolute Gasteiger partial charge is 0.352 e. The molecule has 0 spiro atoms. The molecule has 0 aromatic carbocycles. The standard InChI is InChI=1S/C11H20N2O/c14-11(9-4-3-5-9)13-10-6-1-2-7-12-8-10/h9-10,12H,1-8H2,(H,13,14). The van der Waals surface area contributed by atoms with Crippen LogP contribution in [0.25, 0.3) is 0 Å². The molecule has 1 unspecified atom stereocenters. The number of nitrogens with one attached hydrogen (secondary N) is 2. The predicted molar refractivity (Wildman–Crippen MR) is 56.0 cm³/mol. The summed E-state index contributed by atoms with van der Waals surface area (Å²) in [7, 11) is 0. The Balaban J connectivity index is 1.74. The molecule has 2 N–H and O–H groups in total. The number of carbonyl (C=O) groups is 1. The van der Waals surface area contributed by atoms with E-state index >= 15 is 0 Å². The van der Waals surface area contributed by atoms with Crippen LogP contribution in [0.5, 0.6) is 0 Å². The van der Waals surface area contributed by atoms with Gasteiger partial charge in [-0.1, -0.05) is 12.8 Å². The molecule has 1 aliphatic carbocycles. The van der Waals surface area contributed by atoms with E-state index in [1.807, 2.05) is 0 Å². The van der Waals surface area contributed by atoms with Crippen LogP contribution in [0.15, 0.2) is 0 Å². The zero-order valence-corrected chi connectivity index (χ0v) is 8.72. The van der Waals surface area contributed by atoms with E-state index < -0.39 is 0 Å². The van der Waals surface area contributed by atoms with Gasteiger partial charge in [-0.3, -0.25) is 4.79 Å². The fourth-order valence-corrected chi connectivity index (χ4v) is 2.13. The number of rotatable bonds is 2. The van der Waals surface area contributed by atoms with Gasteiger partial charge in [-0.2, -0.15) is 0 Å². The first-order valence-electron chi connectivity index (χ1n) is 5.87. The highest BCUT2D eigenvalue weighted by molar-refractivity contribution is 5.79. The Bertz CT molecular complexity index is 193. The van der Waals surface area contributed by atoms with Crippen molar-refractivity contribution in [2.24, 2.45) is 5.92 Å². The number of amides is 1. The van der Waals surface area contributed by atoms with Gasteiger partial charge in [-0.25, -0.2) is 0 Å². The van der Waals surface area contributed by atoms with Gasteiger partial charge in [-0.05, 0) is 32.2 Å². The van der Waals surface area contributed by atoms with Gasteiger partial charge in [0.25, 0.3) is 0 Å². The zero-order valence-electron chi connectivity index (χ0n) is 8.72. The van der Waals surface area contributed by atoms with E-state index in [9.17, 15) is 4.79 Å². The van der Waals surface area contributed by atoms with Gasteiger partial charge in [0.15, 0.2) is 0 Å². The van der Waals surface area contributed by atoms with Crippen LogP contribution in [-0.2, 0) is 4.79 Å². The molecule has 2 rings (SSSR count). The first kappa shape index (κ1) is 9.97. The molecule has 1 heterocycles. The molecule has 80 valence electrons. The third kappa shape index (κ3) is 2.47. The van der Waals surface area contributed by atoms with Crippen molar-refractivity contribution >= 4 is 5.91 Å². The van der Waals surface area contributed by atoms with E-state index in [1.54, 1.807) is 0 Å². The summed E-state index contributed by atoms with van der Waals surface area (Å²) < 4.78 is 0. The summed E-state index contributed by atoms with van der Waals surface area (Å²) in [4.78, 5) is 11.7. The van der Waals surface area contributed by atoms with Crippen molar-refractivity contribution < 1.29 is 4.79 Å². The van der Waals surface area contributed by atoms with Crippen LogP contribution in [0.1, 0.15) is 38.5 Å². The quantitative estimate of drug-likeness (QED) is 0.693. The Morgan fingerprint density at radius 2 is 2.00 bits per heavy atom. The second-order valence-corrected chi connectivity index (χ2v) is 4.53. The summed E-state index contributed by atoms with van der Waals surface area (Å²) >= 11 is 0. The predicted octanol–water partition coefficient (Wildman–Crippen LogP) is 1.04. The molecule has 0 aromatic heterocycles. The van der Waals surface area contributed by atoms with Gasteiger partial charge in [0, 0.05) is 18.5 Å². The van der Waals surface area contributed by atoms with Crippen LogP contribution in [0.4, 0.5) is 0 Å². The topological polar surface area (TPSA) is 41.1 Å². The summed E-state index contributed by atoms with van der Waals surface area (Å²) in [6, 6.07) is 0.380. The molecule has 2 aliphatic rings. The van der Waals surface area contributed by atoms with Gasteiger partial charge < -0.3 is 10.6 Å². The molecule has 1 saturated heterocycles. The highest BCUT2D eigenvalue weighted by Gasteiger charge is 2.26. The van der Waals surface area contributed by atoms with E-state index in [0.29, 0.717) is 17.9 Å². The summed E-state index contributed by atoms with van der Waals surface area (Å²) in [5, 5.41) is 6.52. The van der Waals surface area contributed by atoms with Gasteiger partial charge >= 0.3 is 0 Å². The molecule has 1 amide bonds. The fourth-order valence-electron chi connectivity index (χ4n) is 2.13. The Morgan fingerprint density at radius 1 is 1.14 bits per heavy atom. The molecule has 3 nitrogen and oxygen atoms in total. The molecule has 1 atom stereocenters. The number of hydrogen-bond acceptors (Lipinski definition) is 2. The van der Waals surface area contributed by atoms with E-state index in [1.165, 1.54) is 19.3 Å². The molecular weight excluding hydrogens is 176 g/mol. The molecule has 0 radical (unpaired) electrons. The number of carbonyl (C=O) groups excluding carboxylic acids is 1. The van der Waals surface area contributed by atoms with Gasteiger partial charge in [0.05, 0.1) is 0 Å². The monoisotopic (exact) mass is 196 g/mol. The van der Waals surface area contributed by atoms with Crippen LogP contribution in [0, 0.1) is 5.92 Å². The van der Waals surface area contributed by atoms with Crippen molar-refractivity contribution in [3.8, 4) is 0 Å². The maximum Gasteiger partial charge on any atom is 0.223 e. The van der Waals surface area contributed by atoms with Crippen LogP contribution >= 0.6 is 0 Å². The Hall–Kier alpha value is -0.570. The maximum atomic E-state index is 11.7. The Labute approximate surface area is 85.6 Å². The Morgan fingerprint density at radius 3 is 2.71 bits per heavy atom. The normalized spacial score (nSPS) is 29.0. The van der Waals surface area contributed by atoms with Crippen molar-refractivity contribution in [3.05, 3.63) is 0 Å². The summed E-state index contributed by atoms with van der Waals surface area (Å²) in [5.41, 5.74) is 0. The third-order valence-corrected chi connectivity index (χ3v) is 3.37. The minimum atomic E-state index is 0.296. The van der Waals surface area contributed by atoms with Crippen LogP contribution < -0.4 is 10.6 Å². The van der Waals surface area contributed by atoms with Gasteiger partial charge in [-0.15, -0.1) is 0 Å². The van der Waals surface area contributed by atoms with Crippen LogP contribution in [0.3, 0.4) is 0 Å². The second-order valence-electron chi connectivity index (χ2n) is 4.53. The first-order valence-corrected chi connectivity index (χ1v) is 5.87. The maximum absolute atomic E-state index is 11.7. The highest BCUT2D eigenvalue weighted by Crippen LogP contribution is 2.26. The summed E-state index contributed by atoms with van der Waals surface area (Å²) in [6.07, 6.45) is 7.07. The zero-order chi connectivity index (χ0) is 9.80. The minimum absolute atomic E-state index is 0.296. The molecule has 2 fully saturated rings. The van der Waals surface area contributed by atoms with E-state index in [2.05, 4.69) is 10.6 Å². The number of hydrogen-bond donors (Lipinski definition) is 2. The highest BCUT2D eigenvalue weighted by atomic mass is 16.2. The molecule has 0 bridgehead atoms. The van der Waals surface area contributed by atoms with E-state index in [-0.39, 0.29) is 0 Å². The van der Waals surface area contributed by atoms with E-state index in [4.69, 9.17) is 0 Å². The van der Waals surface area contributed by atoms with Crippen molar-refractivity contribution in [3.63, 3.8) is 0 Å². The lowest BCUT2D eigenvalue weighted by Crippen LogP contribution is -2.44. The SMILES string of the molecule is O=C(NC1CCCCNC1)C1CCC1. The van der Waals surface area contributed by atoms with Gasteiger partial charge in [0.1, 0.15) is 0 Å². The van der Waals surface area contributed by atoms with E-state index in [0.717, 1.165) is 32.4 Å². The molecule has 1 saturated carbocycles. The minimum Gasteiger partial charge on any atom is -0.352 e.